The normalized spacial score (nSPS) is 12.4. The maximum atomic E-state index is 14.0. The first-order valence-electron chi connectivity index (χ1n) is 13.1. The number of benzene rings is 3. The summed E-state index contributed by atoms with van der Waals surface area (Å²) >= 11 is 12.8. The number of nitrogens with zero attached hydrogens (tertiary/aromatic N) is 2. The Morgan fingerprint density at radius 1 is 0.927 bits per heavy atom. The summed E-state index contributed by atoms with van der Waals surface area (Å²) in [6, 6.07) is 18.3. The van der Waals surface area contributed by atoms with Gasteiger partial charge in [-0.05, 0) is 83.1 Å². The molecule has 0 saturated carbocycles. The lowest BCUT2D eigenvalue weighted by Crippen LogP contribution is -2.54. The lowest BCUT2D eigenvalue weighted by molar-refractivity contribution is -0.140. The van der Waals surface area contributed by atoms with Gasteiger partial charge in [-0.15, -0.1) is 0 Å². The van der Waals surface area contributed by atoms with Crippen molar-refractivity contribution in [2.24, 2.45) is 0 Å². The second-order valence-electron chi connectivity index (χ2n) is 10.4. The highest BCUT2D eigenvalue weighted by atomic mass is 35.5. The third kappa shape index (κ3) is 8.38. The SMILES string of the molecule is CCOc1ccc(S(=O)(=O)N(CC(=O)N(Cc2c(Cl)cccc2Cl)[C@@H](C)C(=O)NC(C)(C)C)c2ccccc2)cc1. The van der Waals surface area contributed by atoms with Crippen LogP contribution in [0.3, 0.4) is 0 Å². The number of hydrogen-bond donors (Lipinski definition) is 1. The molecule has 3 aromatic carbocycles. The Hall–Kier alpha value is -3.27. The summed E-state index contributed by atoms with van der Waals surface area (Å²) in [5, 5.41) is 3.52. The third-order valence-electron chi connectivity index (χ3n) is 6.10. The van der Waals surface area contributed by atoms with Crippen molar-refractivity contribution in [2.45, 2.75) is 57.6 Å². The summed E-state index contributed by atoms with van der Waals surface area (Å²) in [7, 11) is -4.20. The molecule has 1 atom stereocenters. The van der Waals surface area contributed by atoms with Gasteiger partial charge in [-0.2, -0.15) is 0 Å². The minimum Gasteiger partial charge on any atom is -0.494 e. The Morgan fingerprint density at radius 2 is 1.51 bits per heavy atom. The van der Waals surface area contributed by atoms with Crippen LogP contribution in [-0.4, -0.2) is 49.9 Å². The highest BCUT2D eigenvalue weighted by molar-refractivity contribution is 7.92. The maximum absolute atomic E-state index is 14.0. The lowest BCUT2D eigenvalue weighted by atomic mass is 10.1. The van der Waals surface area contributed by atoms with Gasteiger partial charge in [-0.25, -0.2) is 8.42 Å². The summed E-state index contributed by atoms with van der Waals surface area (Å²) in [5.41, 5.74) is 0.173. The zero-order chi connectivity index (χ0) is 30.4. The van der Waals surface area contributed by atoms with Crippen LogP contribution in [0.4, 0.5) is 5.69 Å². The van der Waals surface area contributed by atoms with Crippen molar-refractivity contribution >= 4 is 50.7 Å². The van der Waals surface area contributed by atoms with Gasteiger partial charge < -0.3 is 15.0 Å². The van der Waals surface area contributed by atoms with E-state index in [1.807, 2.05) is 27.7 Å². The van der Waals surface area contributed by atoms with Crippen molar-refractivity contribution in [1.29, 1.82) is 0 Å². The van der Waals surface area contributed by atoms with Gasteiger partial charge in [0.1, 0.15) is 18.3 Å². The van der Waals surface area contributed by atoms with Crippen LogP contribution in [0.1, 0.15) is 40.2 Å². The number of anilines is 1. The zero-order valence-electron chi connectivity index (χ0n) is 23.7. The molecular weight excluding hydrogens is 585 g/mol. The molecule has 41 heavy (non-hydrogen) atoms. The molecule has 0 aromatic heterocycles. The molecule has 0 aliphatic carbocycles. The smallest absolute Gasteiger partial charge is 0.264 e. The van der Waals surface area contributed by atoms with Crippen LogP contribution in [0.2, 0.25) is 10.0 Å². The average Bonchev–Trinajstić information content (AvgIpc) is 2.91. The fourth-order valence-electron chi connectivity index (χ4n) is 4.04. The first kappa shape index (κ1) is 32.2. The van der Waals surface area contributed by atoms with Gasteiger partial charge >= 0.3 is 0 Å². The van der Waals surface area contributed by atoms with Crippen LogP contribution in [-0.2, 0) is 26.2 Å². The molecule has 3 aromatic rings. The van der Waals surface area contributed by atoms with Crippen LogP contribution in [0.5, 0.6) is 5.75 Å². The quantitative estimate of drug-likeness (QED) is 0.287. The maximum Gasteiger partial charge on any atom is 0.264 e. The number of para-hydroxylation sites is 1. The van der Waals surface area contributed by atoms with Crippen molar-refractivity contribution in [1.82, 2.24) is 10.2 Å². The number of ether oxygens (including phenoxy) is 1. The molecule has 0 spiro atoms. The van der Waals surface area contributed by atoms with Crippen molar-refractivity contribution in [2.75, 3.05) is 17.5 Å². The van der Waals surface area contributed by atoms with Crippen LogP contribution >= 0.6 is 23.2 Å². The molecule has 1 N–H and O–H groups in total. The van der Waals surface area contributed by atoms with Crippen molar-refractivity contribution in [3.8, 4) is 5.75 Å². The fourth-order valence-corrected chi connectivity index (χ4v) is 5.97. The number of nitrogens with one attached hydrogen (secondary N) is 1. The monoisotopic (exact) mass is 619 g/mol. The molecule has 220 valence electrons. The second kappa shape index (κ2) is 13.6. The Labute approximate surface area is 252 Å². The van der Waals surface area contributed by atoms with E-state index in [9.17, 15) is 18.0 Å². The van der Waals surface area contributed by atoms with E-state index in [2.05, 4.69) is 5.32 Å². The molecule has 0 unspecified atom stereocenters. The molecule has 0 saturated heterocycles. The molecule has 0 bridgehead atoms. The van der Waals surface area contributed by atoms with E-state index in [4.69, 9.17) is 27.9 Å². The van der Waals surface area contributed by atoms with Gasteiger partial charge in [-0.3, -0.25) is 13.9 Å². The van der Waals surface area contributed by atoms with E-state index in [0.29, 0.717) is 28.0 Å². The summed E-state index contributed by atoms with van der Waals surface area (Å²) in [6.45, 7) is 8.65. The van der Waals surface area contributed by atoms with E-state index in [-0.39, 0.29) is 17.1 Å². The standard InChI is InChI=1S/C30H35Cl2N3O5S/c1-6-40-23-15-17-24(18-16-23)41(38,39)35(22-11-8-7-9-12-22)20-28(36)34(21(2)29(37)33-30(3,4)5)19-25-26(31)13-10-14-27(25)32/h7-18,21H,6,19-20H2,1-5H3,(H,33,37)/t21-/m0/s1. The first-order valence-corrected chi connectivity index (χ1v) is 15.3. The van der Waals surface area contributed by atoms with E-state index in [1.54, 1.807) is 67.6 Å². The number of rotatable bonds is 11. The van der Waals surface area contributed by atoms with E-state index < -0.39 is 40.0 Å². The van der Waals surface area contributed by atoms with Crippen molar-refractivity contribution < 1.29 is 22.7 Å². The molecule has 0 heterocycles. The van der Waals surface area contributed by atoms with Crippen LogP contribution in [0, 0.1) is 0 Å². The molecule has 3 rings (SSSR count). The molecule has 0 aliphatic heterocycles. The highest BCUT2D eigenvalue weighted by Gasteiger charge is 2.34. The van der Waals surface area contributed by atoms with Gasteiger partial charge in [0, 0.05) is 27.7 Å². The number of carbonyl (C=O) groups excluding carboxylic acids is 2. The summed E-state index contributed by atoms with van der Waals surface area (Å²) < 4.78 is 34.3. The second-order valence-corrected chi connectivity index (χ2v) is 13.1. The van der Waals surface area contributed by atoms with Gasteiger partial charge in [0.15, 0.2) is 0 Å². The van der Waals surface area contributed by atoms with Crippen molar-refractivity contribution in [3.05, 3.63) is 88.4 Å². The largest absolute Gasteiger partial charge is 0.494 e. The van der Waals surface area contributed by atoms with E-state index in [0.717, 1.165) is 4.31 Å². The Morgan fingerprint density at radius 3 is 2.05 bits per heavy atom. The number of amides is 2. The molecule has 0 aliphatic rings. The minimum absolute atomic E-state index is 0.0168. The molecule has 11 heteroatoms. The highest BCUT2D eigenvalue weighted by Crippen LogP contribution is 2.29. The number of halogens is 2. The predicted molar refractivity (Wildman–Crippen MR) is 163 cm³/mol. The molecule has 2 amide bonds. The summed E-state index contributed by atoms with van der Waals surface area (Å²) in [6.07, 6.45) is 0. The predicted octanol–water partition coefficient (Wildman–Crippen LogP) is 5.92. The summed E-state index contributed by atoms with van der Waals surface area (Å²) in [4.78, 5) is 28.5. The molecule has 8 nitrogen and oxygen atoms in total. The fraction of sp³-hybridized carbons (Fsp3) is 0.333. The van der Waals surface area contributed by atoms with E-state index in [1.165, 1.54) is 17.0 Å². The molecule has 0 radical (unpaired) electrons. The lowest BCUT2D eigenvalue weighted by Gasteiger charge is -2.33. The minimum atomic E-state index is -4.20. The Kier molecular flexibility index (Phi) is 10.7. The van der Waals surface area contributed by atoms with Gasteiger partial charge in [0.2, 0.25) is 11.8 Å². The third-order valence-corrected chi connectivity index (χ3v) is 8.60. The zero-order valence-corrected chi connectivity index (χ0v) is 26.1. The average molecular weight is 621 g/mol. The first-order chi connectivity index (χ1) is 19.2. The number of sulfonamides is 1. The van der Waals surface area contributed by atoms with Gasteiger partial charge in [0.25, 0.3) is 10.0 Å². The Balaban J connectivity index is 2.04. The van der Waals surface area contributed by atoms with Gasteiger partial charge in [-0.1, -0.05) is 47.5 Å². The molecule has 0 fully saturated rings. The topological polar surface area (TPSA) is 96.0 Å². The van der Waals surface area contributed by atoms with Gasteiger partial charge in [0.05, 0.1) is 17.2 Å². The number of carbonyl (C=O) groups is 2. The summed E-state index contributed by atoms with van der Waals surface area (Å²) in [5.74, 6) is -0.499. The van der Waals surface area contributed by atoms with Crippen molar-refractivity contribution in [3.63, 3.8) is 0 Å². The molecular formula is C30H35Cl2N3O5S. The van der Waals surface area contributed by atoms with Crippen LogP contribution in [0.15, 0.2) is 77.7 Å². The van der Waals surface area contributed by atoms with Crippen LogP contribution < -0.4 is 14.4 Å². The number of hydrogen-bond acceptors (Lipinski definition) is 5. The van der Waals surface area contributed by atoms with Crippen LogP contribution in [0.25, 0.3) is 0 Å². The Bertz CT molecular complexity index is 1440. The van der Waals surface area contributed by atoms with E-state index >= 15 is 0 Å².